The summed E-state index contributed by atoms with van der Waals surface area (Å²) in [6, 6.07) is 0. The molecule has 0 aromatic heterocycles. The Kier molecular flexibility index (Phi) is 34.0. The molecule has 1 heterocycles. The molecule has 0 radical (unpaired) electrons. The van der Waals surface area contributed by atoms with Crippen molar-refractivity contribution < 1.29 is 19.1 Å². The number of rotatable bonds is 10. The minimum atomic E-state index is 0.0215. The number of esters is 2. The summed E-state index contributed by atoms with van der Waals surface area (Å²) < 4.78 is 11.4. The van der Waals surface area contributed by atoms with Crippen LogP contribution >= 0.6 is 0 Å². The number of cyclic esters (lactones) is 2. The van der Waals surface area contributed by atoms with Gasteiger partial charge in [-0.2, -0.15) is 0 Å². The number of hydrogen-bond acceptors (Lipinski definition) is 5. The van der Waals surface area contributed by atoms with Crippen LogP contribution in [0.4, 0.5) is 0 Å². The first-order valence-electron chi connectivity index (χ1n) is 22.6. The monoisotopic (exact) mass is 706 g/mol. The number of nitrogens with one attached hydrogen (secondary N) is 1. The highest BCUT2D eigenvalue weighted by Crippen LogP contribution is 2.25. The fourth-order valence-corrected chi connectivity index (χ4v) is 7.97. The van der Waals surface area contributed by atoms with E-state index in [2.05, 4.69) is 26.1 Å². The average Bonchev–Trinajstić information content (AvgIpc) is 3.11. The molecule has 296 valence electrons. The van der Waals surface area contributed by atoms with Crippen molar-refractivity contribution in [1.29, 1.82) is 0 Å². The molecule has 0 bridgehead atoms. The van der Waals surface area contributed by atoms with Gasteiger partial charge in [-0.25, -0.2) is 0 Å². The predicted octanol–water partition coefficient (Wildman–Crippen LogP) is 13.5. The van der Waals surface area contributed by atoms with E-state index < -0.39 is 0 Å². The van der Waals surface area contributed by atoms with Gasteiger partial charge in [0.05, 0.1) is 13.2 Å². The Hall–Kier alpha value is -1.10. The highest BCUT2D eigenvalue weighted by atomic mass is 16.5. The van der Waals surface area contributed by atoms with Crippen molar-refractivity contribution in [3.05, 3.63) is 0 Å². The van der Waals surface area contributed by atoms with Gasteiger partial charge in [-0.05, 0) is 75.8 Å². The zero-order chi connectivity index (χ0) is 36.2. The van der Waals surface area contributed by atoms with Crippen molar-refractivity contribution >= 4 is 11.9 Å². The molecular weight excluding hydrogens is 618 g/mol. The number of carbonyl (C=O) groups excluding carboxylic acids is 2. The fourth-order valence-electron chi connectivity index (χ4n) is 7.97. The third-order valence-corrected chi connectivity index (χ3v) is 11.3. The van der Waals surface area contributed by atoms with E-state index in [9.17, 15) is 9.59 Å². The molecule has 5 nitrogen and oxygen atoms in total. The lowest BCUT2D eigenvalue weighted by molar-refractivity contribution is -0.146. The van der Waals surface area contributed by atoms with Gasteiger partial charge in [-0.15, -0.1) is 0 Å². The summed E-state index contributed by atoms with van der Waals surface area (Å²) in [5, 5.41) is 3.56. The zero-order valence-electron chi connectivity index (χ0n) is 34.0. The maximum atomic E-state index is 12.7. The van der Waals surface area contributed by atoms with Crippen LogP contribution in [0, 0.1) is 17.8 Å². The van der Waals surface area contributed by atoms with Gasteiger partial charge < -0.3 is 14.8 Å². The Morgan fingerprint density at radius 3 is 1.16 bits per heavy atom. The Labute approximate surface area is 312 Å². The number of ether oxygens (including phenoxy) is 2. The lowest BCUT2D eigenvalue weighted by Crippen LogP contribution is -2.17. The molecule has 1 N–H and O–H groups in total. The van der Waals surface area contributed by atoms with Gasteiger partial charge in [0, 0.05) is 12.8 Å². The minimum absolute atomic E-state index is 0.0215. The molecule has 2 atom stereocenters. The van der Waals surface area contributed by atoms with Crippen molar-refractivity contribution in [3.8, 4) is 0 Å². The summed E-state index contributed by atoms with van der Waals surface area (Å²) in [6.45, 7) is 10.1. The van der Waals surface area contributed by atoms with Gasteiger partial charge in [0.1, 0.15) is 0 Å². The smallest absolute Gasteiger partial charge is 0.306 e. The van der Waals surface area contributed by atoms with Crippen LogP contribution in [0.5, 0.6) is 0 Å². The molecular formula is C45H87NO4. The van der Waals surface area contributed by atoms with E-state index in [1.807, 2.05) is 0 Å². The normalized spacial score (nSPS) is 24.7. The summed E-state index contributed by atoms with van der Waals surface area (Å²) in [5.74, 6) is 1.85. The molecule has 1 fully saturated rings. The summed E-state index contributed by atoms with van der Waals surface area (Å²) in [5.41, 5.74) is 0. The van der Waals surface area contributed by atoms with E-state index in [1.54, 1.807) is 0 Å². The van der Waals surface area contributed by atoms with Crippen molar-refractivity contribution in [3.63, 3.8) is 0 Å². The molecule has 0 spiro atoms. The Morgan fingerprint density at radius 1 is 0.460 bits per heavy atom. The van der Waals surface area contributed by atoms with E-state index in [1.165, 1.54) is 167 Å². The molecule has 0 aromatic rings. The quantitative estimate of drug-likeness (QED) is 0.181. The van der Waals surface area contributed by atoms with Crippen molar-refractivity contribution in [1.82, 2.24) is 5.32 Å². The van der Waals surface area contributed by atoms with E-state index in [0.29, 0.717) is 37.9 Å². The molecule has 50 heavy (non-hydrogen) atoms. The molecule has 0 aromatic carbocycles. The lowest BCUT2D eigenvalue weighted by atomic mass is 9.90. The summed E-state index contributed by atoms with van der Waals surface area (Å²) in [4.78, 5) is 25.3. The molecule has 0 aliphatic carbocycles. The van der Waals surface area contributed by atoms with Gasteiger partial charge in [0.2, 0.25) is 0 Å². The van der Waals surface area contributed by atoms with E-state index in [-0.39, 0.29) is 11.9 Å². The first-order chi connectivity index (χ1) is 24.6. The minimum Gasteiger partial charge on any atom is -0.466 e. The second kappa shape index (κ2) is 36.3. The van der Waals surface area contributed by atoms with Crippen LogP contribution < -0.4 is 5.32 Å². The number of unbranched alkanes of at least 4 members (excludes halogenated alkanes) is 2. The Bertz CT molecular complexity index is 687. The van der Waals surface area contributed by atoms with E-state index in [4.69, 9.17) is 9.47 Å². The topological polar surface area (TPSA) is 64.6 Å². The summed E-state index contributed by atoms with van der Waals surface area (Å²) >= 11 is 0. The van der Waals surface area contributed by atoms with Gasteiger partial charge in [-0.3, -0.25) is 9.59 Å². The molecule has 1 rings (SSSR count). The summed E-state index contributed by atoms with van der Waals surface area (Å²) in [6.07, 6.45) is 40.0. The maximum Gasteiger partial charge on any atom is 0.306 e. The van der Waals surface area contributed by atoms with Crippen LogP contribution in [0.3, 0.4) is 0 Å². The lowest BCUT2D eigenvalue weighted by Gasteiger charge is -2.17. The largest absolute Gasteiger partial charge is 0.466 e. The van der Waals surface area contributed by atoms with Crippen LogP contribution in [0.15, 0.2) is 0 Å². The Morgan fingerprint density at radius 2 is 0.800 bits per heavy atom. The van der Waals surface area contributed by atoms with Crippen LogP contribution in [-0.4, -0.2) is 38.2 Å². The second-order valence-electron chi connectivity index (χ2n) is 16.1. The molecule has 0 amide bonds. The predicted molar refractivity (Wildman–Crippen MR) is 215 cm³/mol. The van der Waals surface area contributed by atoms with Crippen LogP contribution in [0.1, 0.15) is 233 Å². The molecule has 1 aliphatic heterocycles. The second-order valence-corrected chi connectivity index (χ2v) is 16.1. The Balaban J connectivity index is 2.55. The van der Waals surface area contributed by atoms with Gasteiger partial charge >= 0.3 is 11.9 Å². The summed E-state index contributed by atoms with van der Waals surface area (Å²) in [7, 11) is 0. The molecule has 0 saturated carbocycles. The van der Waals surface area contributed by atoms with Crippen molar-refractivity contribution in [2.75, 3.05) is 26.3 Å². The highest BCUT2D eigenvalue weighted by molar-refractivity contribution is 5.70. The molecule has 1 aliphatic rings. The van der Waals surface area contributed by atoms with Gasteiger partial charge in [0.25, 0.3) is 0 Å². The standard InChI is InChI=1S/C45H87NO4/c1-4-7-29-42-33-25-19-20-26-34-43(30-8-5-2)40-45(48)50-38-28-22-16-12-10-14-18-24-32-41(35-36-46-6-3)31-23-17-13-9-11-15-21-27-37-49-44(47)39-42/h41-43,46H,4-40H2,1-3H3. The van der Waals surface area contributed by atoms with Crippen LogP contribution in [0.25, 0.3) is 0 Å². The SMILES string of the molecule is CCCCC1CCCCCCC(CCCC)CC(=O)OCCCCCCCCCCC(CCNCC)CCCCCCCCCCOC(=O)C1. The maximum absolute atomic E-state index is 12.7. The van der Waals surface area contributed by atoms with Gasteiger partial charge in [-0.1, -0.05) is 175 Å². The van der Waals surface area contributed by atoms with Crippen molar-refractivity contribution in [2.24, 2.45) is 17.8 Å². The highest BCUT2D eigenvalue weighted by Gasteiger charge is 2.17. The van der Waals surface area contributed by atoms with Crippen molar-refractivity contribution in [2.45, 2.75) is 233 Å². The third kappa shape index (κ3) is 30.5. The molecule has 5 heteroatoms. The first kappa shape index (κ1) is 46.9. The van der Waals surface area contributed by atoms with Crippen LogP contribution in [-0.2, 0) is 19.1 Å². The van der Waals surface area contributed by atoms with Gasteiger partial charge in [0.15, 0.2) is 0 Å². The van der Waals surface area contributed by atoms with E-state index in [0.717, 1.165) is 51.0 Å². The first-order valence-corrected chi connectivity index (χ1v) is 22.6. The van der Waals surface area contributed by atoms with Crippen LogP contribution in [0.2, 0.25) is 0 Å². The fraction of sp³-hybridized carbons (Fsp3) is 0.956. The number of hydrogen-bond donors (Lipinski definition) is 1. The average molecular weight is 706 g/mol. The van der Waals surface area contributed by atoms with E-state index >= 15 is 0 Å². The molecule has 2 unspecified atom stereocenters. The number of carbonyl (C=O) groups is 2. The third-order valence-electron chi connectivity index (χ3n) is 11.3. The zero-order valence-corrected chi connectivity index (χ0v) is 34.0. The molecule has 1 saturated heterocycles.